The molecule has 6 heteroatoms. The Morgan fingerprint density at radius 1 is 1.42 bits per heavy atom. The van der Waals surface area contributed by atoms with E-state index in [9.17, 15) is 13.6 Å². The standard InChI is InChI=1S/C13H10F2N2O2/c1-2-5-17-12(13(18)19)7-11(16-17)9-4-3-8(14)6-10(9)15/h2-4,6-7H,1,5H2,(H,18,19). The van der Waals surface area contributed by atoms with Crippen molar-refractivity contribution in [3.8, 4) is 11.3 Å². The fourth-order valence-corrected chi connectivity index (χ4v) is 1.68. The van der Waals surface area contributed by atoms with Gasteiger partial charge >= 0.3 is 5.97 Å². The minimum Gasteiger partial charge on any atom is -0.477 e. The largest absolute Gasteiger partial charge is 0.477 e. The van der Waals surface area contributed by atoms with Crippen molar-refractivity contribution in [1.29, 1.82) is 0 Å². The predicted molar refractivity (Wildman–Crippen MR) is 64.7 cm³/mol. The van der Waals surface area contributed by atoms with Crippen molar-refractivity contribution in [2.24, 2.45) is 0 Å². The van der Waals surface area contributed by atoms with E-state index in [1.54, 1.807) is 0 Å². The van der Waals surface area contributed by atoms with Gasteiger partial charge in [-0.1, -0.05) is 6.08 Å². The quantitative estimate of drug-likeness (QED) is 0.864. The summed E-state index contributed by atoms with van der Waals surface area (Å²) < 4.78 is 27.6. The molecule has 2 aromatic rings. The van der Waals surface area contributed by atoms with Gasteiger partial charge in [-0.2, -0.15) is 5.10 Å². The van der Waals surface area contributed by atoms with Crippen LogP contribution < -0.4 is 0 Å². The van der Waals surface area contributed by atoms with E-state index in [1.165, 1.54) is 22.9 Å². The summed E-state index contributed by atoms with van der Waals surface area (Å²) >= 11 is 0. The topological polar surface area (TPSA) is 55.1 Å². The first-order valence-electron chi connectivity index (χ1n) is 5.40. The number of hydrogen-bond donors (Lipinski definition) is 1. The summed E-state index contributed by atoms with van der Waals surface area (Å²) in [5.41, 5.74) is 0.0992. The van der Waals surface area contributed by atoms with E-state index in [1.807, 2.05) is 0 Å². The van der Waals surface area contributed by atoms with Crippen LogP contribution in [0.1, 0.15) is 10.5 Å². The number of nitrogens with zero attached hydrogens (tertiary/aromatic N) is 2. The zero-order valence-electron chi connectivity index (χ0n) is 9.81. The number of carboxylic acid groups (broad SMARTS) is 1. The lowest BCUT2D eigenvalue weighted by molar-refractivity contribution is 0.0684. The van der Waals surface area contributed by atoms with Crippen LogP contribution in [0, 0.1) is 11.6 Å². The van der Waals surface area contributed by atoms with Crippen LogP contribution in [0.15, 0.2) is 36.9 Å². The molecule has 0 bridgehead atoms. The number of allylic oxidation sites excluding steroid dienone is 1. The molecule has 0 saturated carbocycles. The highest BCUT2D eigenvalue weighted by atomic mass is 19.1. The van der Waals surface area contributed by atoms with Crippen molar-refractivity contribution in [3.05, 3.63) is 54.2 Å². The molecule has 0 aliphatic rings. The number of carbonyl (C=O) groups is 1. The van der Waals surface area contributed by atoms with Gasteiger partial charge in [-0.05, 0) is 18.2 Å². The number of aromatic nitrogens is 2. The van der Waals surface area contributed by atoms with Crippen LogP contribution in [0.25, 0.3) is 11.3 Å². The Balaban J connectivity index is 2.53. The second kappa shape index (κ2) is 5.01. The molecule has 0 amide bonds. The Bertz CT molecular complexity index is 650. The molecule has 1 aromatic carbocycles. The SMILES string of the molecule is C=CCn1nc(-c2ccc(F)cc2F)cc1C(=O)O. The molecule has 4 nitrogen and oxygen atoms in total. The molecule has 1 N–H and O–H groups in total. The zero-order chi connectivity index (χ0) is 14.0. The van der Waals surface area contributed by atoms with E-state index >= 15 is 0 Å². The van der Waals surface area contributed by atoms with E-state index in [0.717, 1.165) is 12.1 Å². The maximum Gasteiger partial charge on any atom is 0.354 e. The van der Waals surface area contributed by atoms with Gasteiger partial charge in [0.1, 0.15) is 17.3 Å². The smallest absolute Gasteiger partial charge is 0.354 e. The molecule has 0 radical (unpaired) electrons. The molecule has 0 fully saturated rings. The van der Waals surface area contributed by atoms with E-state index in [4.69, 9.17) is 5.11 Å². The fraction of sp³-hybridized carbons (Fsp3) is 0.0769. The van der Waals surface area contributed by atoms with Crippen LogP contribution in [0.4, 0.5) is 8.78 Å². The minimum atomic E-state index is -1.18. The van der Waals surface area contributed by atoms with E-state index < -0.39 is 17.6 Å². The van der Waals surface area contributed by atoms with Crippen LogP contribution in [0.5, 0.6) is 0 Å². The molecule has 0 spiro atoms. The van der Waals surface area contributed by atoms with Crippen molar-refractivity contribution >= 4 is 5.97 Å². The molecule has 0 unspecified atom stereocenters. The average molecular weight is 264 g/mol. The van der Waals surface area contributed by atoms with Gasteiger partial charge in [0.25, 0.3) is 0 Å². The second-order valence-corrected chi connectivity index (χ2v) is 3.81. The van der Waals surface area contributed by atoms with E-state index in [-0.39, 0.29) is 23.5 Å². The van der Waals surface area contributed by atoms with Gasteiger partial charge < -0.3 is 5.11 Å². The lowest BCUT2D eigenvalue weighted by atomic mass is 10.1. The van der Waals surface area contributed by atoms with Crippen molar-refractivity contribution < 1.29 is 18.7 Å². The Kier molecular flexibility index (Phi) is 3.41. The Hall–Kier alpha value is -2.50. The first-order chi connectivity index (χ1) is 9.02. The summed E-state index contributed by atoms with van der Waals surface area (Å²) in [6.07, 6.45) is 1.48. The number of halogens is 2. The molecule has 0 atom stereocenters. The van der Waals surface area contributed by atoms with Crippen molar-refractivity contribution in [2.45, 2.75) is 6.54 Å². The highest BCUT2D eigenvalue weighted by molar-refractivity contribution is 5.87. The number of benzene rings is 1. The maximum atomic E-state index is 13.6. The van der Waals surface area contributed by atoms with Gasteiger partial charge in [-0.3, -0.25) is 4.68 Å². The molecular formula is C13H10F2N2O2. The van der Waals surface area contributed by atoms with Gasteiger partial charge in [0, 0.05) is 11.6 Å². The summed E-state index contributed by atoms with van der Waals surface area (Å²) in [7, 11) is 0. The van der Waals surface area contributed by atoms with Crippen LogP contribution in [0.3, 0.4) is 0 Å². The van der Waals surface area contributed by atoms with Crippen LogP contribution in [-0.2, 0) is 6.54 Å². The highest BCUT2D eigenvalue weighted by Gasteiger charge is 2.16. The lowest BCUT2D eigenvalue weighted by Crippen LogP contribution is -2.08. The number of aromatic carboxylic acids is 1. The summed E-state index contributed by atoms with van der Waals surface area (Å²) in [5, 5.41) is 13.0. The number of rotatable bonds is 4. The molecule has 2 rings (SSSR count). The van der Waals surface area contributed by atoms with Gasteiger partial charge in [-0.25, -0.2) is 13.6 Å². The van der Waals surface area contributed by atoms with Gasteiger partial charge in [-0.15, -0.1) is 6.58 Å². The highest BCUT2D eigenvalue weighted by Crippen LogP contribution is 2.23. The molecule has 0 aliphatic heterocycles. The molecule has 1 heterocycles. The first-order valence-corrected chi connectivity index (χ1v) is 5.40. The molecule has 0 aliphatic carbocycles. The molecule has 0 saturated heterocycles. The summed E-state index contributed by atoms with van der Waals surface area (Å²) in [6, 6.07) is 4.27. The Morgan fingerprint density at radius 2 is 2.16 bits per heavy atom. The summed E-state index contributed by atoms with van der Waals surface area (Å²) in [4.78, 5) is 11.0. The van der Waals surface area contributed by atoms with Crippen molar-refractivity contribution in [3.63, 3.8) is 0 Å². The second-order valence-electron chi connectivity index (χ2n) is 3.81. The monoisotopic (exact) mass is 264 g/mol. The normalized spacial score (nSPS) is 10.4. The molecule has 19 heavy (non-hydrogen) atoms. The van der Waals surface area contributed by atoms with Crippen molar-refractivity contribution in [1.82, 2.24) is 9.78 Å². The van der Waals surface area contributed by atoms with Gasteiger partial charge in [0.15, 0.2) is 0 Å². The average Bonchev–Trinajstić information content (AvgIpc) is 2.73. The van der Waals surface area contributed by atoms with Gasteiger partial charge in [0.05, 0.1) is 12.2 Å². The first kappa shape index (κ1) is 12.9. The zero-order valence-corrected chi connectivity index (χ0v) is 9.81. The number of hydrogen-bond acceptors (Lipinski definition) is 2. The lowest BCUT2D eigenvalue weighted by Gasteiger charge is -2.00. The summed E-state index contributed by atoms with van der Waals surface area (Å²) in [5.74, 6) is -2.67. The third kappa shape index (κ3) is 2.52. The van der Waals surface area contributed by atoms with Crippen LogP contribution in [-0.4, -0.2) is 20.9 Å². The third-order valence-corrected chi connectivity index (χ3v) is 2.51. The van der Waals surface area contributed by atoms with E-state index in [2.05, 4.69) is 11.7 Å². The van der Waals surface area contributed by atoms with Crippen LogP contribution in [0.2, 0.25) is 0 Å². The Labute approximate surface area is 107 Å². The van der Waals surface area contributed by atoms with Crippen LogP contribution >= 0.6 is 0 Å². The number of carboxylic acids is 1. The summed E-state index contributed by atoms with van der Waals surface area (Å²) in [6.45, 7) is 3.68. The molecular weight excluding hydrogens is 254 g/mol. The third-order valence-electron chi connectivity index (χ3n) is 2.51. The molecule has 98 valence electrons. The molecule has 1 aromatic heterocycles. The fourth-order valence-electron chi connectivity index (χ4n) is 1.68. The van der Waals surface area contributed by atoms with Crippen molar-refractivity contribution in [2.75, 3.05) is 0 Å². The maximum absolute atomic E-state index is 13.6. The Morgan fingerprint density at radius 3 is 2.74 bits per heavy atom. The predicted octanol–water partition coefficient (Wildman–Crippen LogP) is 2.71. The van der Waals surface area contributed by atoms with E-state index in [0.29, 0.717) is 0 Å². The van der Waals surface area contributed by atoms with Gasteiger partial charge in [0.2, 0.25) is 0 Å². The minimum absolute atomic E-state index is 0.0479.